The molecule has 2 aromatic carbocycles. The van der Waals surface area contributed by atoms with Crippen molar-refractivity contribution in [3.05, 3.63) is 65.2 Å². The third-order valence-electron chi connectivity index (χ3n) is 3.19. The summed E-state index contributed by atoms with van der Waals surface area (Å²) in [4.78, 5) is 23.8. The Labute approximate surface area is 133 Å². The number of hydrogen-bond acceptors (Lipinski definition) is 5. The minimum atomic E-state index is -3.92. The molecule has 0 aromatic heterocycles. The topological polar surface area (TPSA) is 104 Å². The molecular formula is C16H15NO5S. The van der Waals surface area contributed by atoms with Gasteiger partial charge in [-0.05, 0) is 24.6 Å². The van der Waals surface area contributed by atoms with E-state index in [-0.39, 0.29) is 16.2 Å². The number of carbonyl (C=O) groups is 2. The molecule has 7 heteroatoms. The molecule has 0 heterocycles. The highest BCUT2D eigenvalue weighted by Crippen LogP contribution is 2.16. The average Bonchev–Trinajstić information content (AvgIpc) is 2.52. The van der Waals surface area contributed by atoms with Crippen molar-refractivity contribution in [2.45, 2.75) is 11.8 Å². The molecule has 0 unspecified atom stereocenters. The molecule has 0 saturated heterocycles. The summed E-state index contributed by atoms with van der Waals surface area (Å²) in [6.07, 6.45) is 0. The number of esters is 1. The number of Topliss-reactive ketones (excluding diaryl/α,β-unsaturated/α-hetero) is 1. The Balaban J connectivity index is 2.14. The molecule has 2 aromatic rings. The Morgan fingerprint density at radius 3 is 2.35 bits per heavy atom. The van der Waals surface area contributed by atoms with Crippen LogP contribution in [0.4, 0.5) is 0 Å². The third kappa shape index (κ3) is 4.24. The van der Waals surface area contributed by atoms with E-state index in [1.54, 1.807) is 37.3 Å². The predicted octanol–water partition coefficient (Wildman–Crippen LogP) is 1.68. The molecule has 120 valence electrons. The lowest BCUT2D eigenvalue weighted by Crippen LogP contribution is -2.17. The number of sulfonamides is 1. The number of hydrogen-bond donors (Lipinski definition) is 1. The highest BCUT2D eigenvalue weighted by atomic mass is 32.2. The lowest BCUT2D eigenvalue weighted by Gasteiger charge is -2.08. The maximum absolute atomic E-state index is 12.1. The second-order valence-corrected chi connectivity index (χ2v) is 6.45. The maximum atomic E-state index is 12.1. The second-order valence-electron chi connectivity index (χ2n) is 4.89. The van der Waals surface area contributed by atoms with Gasteiger partial charge in [0.15, 0.2) is 12.4 Å². The van der Waals surface area contributed by atoms with Gasteiger partial charge < -0.3 is 4.74 Å². The molecule has 2 N–H and O–H groups in total. The van der Waals surface area contributed by atoms with Gasteiger partial charge in [0.05, 0.1) is 10.5 Å². The first kappa shape index (κ1) is 16.9. The zero-order valence-corrected chi connectivity index (χ0v) is 13.2. The van der Waals surface area contributed by atoms with Crippen LogP contribution in [-0.2, 0) is 14.8 Å². The van der Waals surface area contributed by atoms with E-state index in [9.17, 15) is 18.0 Å². The van der Waals surface area contributed by atoms with Crippen LogP contribution in [0.1, 0.15) is 26.3 Å². The van der Waals surface area contributed by atoms with E-state index >= 15 is 0 Å². The zero-order chi connectivity index (χ0) is 17.0. The van der Waals surface area contributed by atoms with Gasteiger partial charge in [-0.25, -0.2) is 18.4 Å². The van der Waals surface area contributed by atoms with Crippen molar-refractivity contribution in [1.82, 2.24) is 0 Å². The summed E-state index contributed by atoms with van der Waals surface area (Å²) in [6, 6.07) is 12.3. The summed E-state index contributed by atoms with van der Waals surface area (Å²) in [5.41, 5.74) is 1.00. The monoisotopic (exact) mass is 333 g/mol. The minimum absolute atomic E-state index is 0.0531. The second kappa shape index (κ2) is 6.72. The van der Waals surface area contributed by atoms with Crippen molar-refractivity contribution in [2.24, 2.45) is 5.14 Å². The predicted molar refractivity (Wildman–Crippen MR) is 83.6 cm³/mol. The summed E-state index contributed by atoms with van der Waals surface area (Å²) in [5, 5.41) is 5.04. The quantitative estimate of drug-likeness (QED) is 0.662. The number of rotatable bonds is 5. The Morgan fingerprint density at radius 1 is 1.09 bits per heavy atom. The number of primary sulfonamides is 1. The van der Waals surface area contributed by atoms with E-state index < -0.39 is 22.6 Å². The Hall–Kier alpha value is -2.51. The largest absolute Gasteiger partial charge is 0.454 e. The normalized spacial score (nSPS) is 11.0. The van der Waals surface area contributed by atoms with Gasteiger partial charge >= 0.3 is 5.97 Å². The van der Waals surface area contributed by atoms with Crippen molar-refractivity contribution < 1.29 is 22.7 Å². The minimum Gasteiger partial charge on any atom is -0.454 e. The molecule has 0 amide bonds. The van der Waals surface area contributed by atoms with Gasteiger partial charge in [0.1, 0.15) is 0 Å². The van der Waals surface area contributed by atoms with E-state index in [4.69, 9.17) is 9.88 Å². The number of ether oxygens (including phenoxy) is 1. The fourth-order valence-corrected chi connectivity index (χ4v) is 2.45. The zero-order valence-electron chi connectivity index (χ0n) is 12.4. The highest BCUT2D eigenvalue weighted by Gasteiger charge is 2.17. The molecular weight excluding hydrogens is 318 g/mol. The van der Waals surface area contributed by atoms with Gasteiger partial charge in [-0.1, -0.05) is 36.4 Å². The molecule has 0 radical (unpaired) electrons. The average molecular weight is 333 g/mol. The number of carbonyl (C=O) groups excluding carboxylic acids is 2. The van der Waals surface area contributed by atoms with Crippen LogP contribution >= 0.6 is 0 Å². The maximum Gasteiger partial charge on any atom is 0.338 e. The smallest absolute Gasteiger partial charge is 0.338 e. The first-order valence-corrected chi connectivity index (χ1v) is 8.22. The van der Waals surface area contributed by atoms with Crippen LogP contribution in [-0.4, -0.2) is 26.8 Å². The van der Waals surface area contributed by atoms with Crippen molar-refractivity contribution in [3.8, 4) is 0 Å². The number of benzene rings is 2. The lowest BCUT2D eigenvalue weighted by molar-refractivity contribution is 0.0473. The summed E-state index contributed by atoms with van der Waals surface area (Å²) in [6.45, 7) is 1.20. The molecule has 0 aliphatic heterocycles. The molecule has 2 rings (SSSR count). The first-order chi connectivity index (χ1) is 10.8. The van der Waals surface area contributed by atoms with Crippen molar-refractivity contribution in [2.75, 3.05) is 6.61 Å². The van der Waals surface area contributed by atoms with Crippen LogP contribution in [0.5, 0.6) is 0 Å². The van der Waals surface area contributed by atoms with E-state index in [2.05, 4.69) is 0 Å². The fourth-order valence-electron chi connectivity index (χ4n) is 1.91. The number of nitrogens with two attached hydrogens (primary N) is 1. The van der Waals surface area contributed by atoms with E-state index in [0.29, 0.717) is 11.1 Å². The standard InChI is InChI=1S/C16H15NO5S/c1-11-7-8-13(23(17,20)21)9-14(11)16(19)22-10-15(18)12-5-3-2-4-6-12/h2-9H,10H2,1H3,(H2,17,20,21). The first-order valence-electron chi connectivity index (χ1n) is 6.68. The molecule has 0 fully saturated rings. The third-order valence-corrected chi connectivity index (χ3v) is 4.10. The van der Waals surface area contributed by atoms with Gasteiger partial charge in [0.25, 0.3) is 0 Å². The van der Waals surface area contributed by atoms with Gasteiger partial charge in [0.2, 0.25) is 10.0 Å². The van der Waals surface area contributed by atoms with Crippen LogP contribution in [0, 0.1) is 6.92 Å². The fraction of sp³-hybridized carbons (Fsp3) is 0.125. The van der Waals surface area contributed by atoms with Gasteiger partial charge in [-0.15, -0.1) is 0 Å². The molecule has 0 saturated carbocycles. The van der Waals surface area contributed by atoms with Crippen molar-refractivity contribution in [3.63, 3.8) is 0 Å². The SMILES string of the molecule is Cc1ccc(S(N)(=O)=O)cc1C(=O)OCC(=O)c1ccccc1. The molecule has 6 nitrogen and oxygen atoms in total. The molecule has 0 spiro atoms. The summed E-state index contributed by atoms with van der Waals surface area (Å²) >= 11 is 0. The van der Waals surface area contributed by atoms with E-state index in [0.717, 1.165) is 6.07 Å². The van der Waals surface area contributed by atoms with E-state index in [1.165, 1.54) is 12.1 Å². The Kier molecular flexibility index (Phi) is 4.92. The Morgan fingerprint density at radius 2 is 1.74 bits per heavy atom. The summed E-state index contributed by atoms with van der Waals surface area (Å²) < 4.78 is 27.7. The van der Waals surface area contributed by atoms with E-state index in [1.807, 2.05) is 0 Å². The molecule has 0 bridgehead atoms. The van der Waals surface area contributed by atoms with Crippen LogP contribution < -0.4 is 5.14 Å². The van der Waals surface area contributed by atoms with Gasteiger partial charge in [-0.3, -0.25) is 4.79 Å². The van der Waals surface area contributed by atoms with Crippen molar-refractivity contribution in [1.29, 1.82) is 0 Å². The summed E-state index contributed by atoms with van der Waals surface area (Å²) in [7, 11) is -3.92. The highest BCUT2D eigenvalue weighted by molar-refractivity contribution is 7.89. The summed E-state index contributed by atoms with van der Waals surface area (Å²) in [5.74, 6) is -1.13. The lowest BCUT2D eigenvalue weighted by atomic mass is 10.1. The van der Waals surface area contributed by atoms with Crippen LogP contribution in [0.15, 0.2) is 53.4 Å². The van der Waals surface area contributed by atoms with Crippen molar-refractivity contribution >= 4 is 21.8 Å². The Bertz CT molecular complexity index is 844. The molecule has 23 heavy (non-hydrogen) atoms. The van der Waals surface area contributed by atoms with Crippen LogP contribution in [0.25, 0.3) is 0 Å². The number of aryl methyl sites for hydroxylation is 1. The molecule has 0 aliphatic rings. The van der Waals surface area contributed by atoms with Gasteiger partial charge in [0, 0.05) is 5.56 Å². The number of ketones is 1. The van der Waals surface area contributed by atoms with Crippen LogP contribution in [0.3, 0.4) is 0 Å². The van der Waals surface area contributed by atoms with Crippen LogP contribution in [0.2, 0.25) is 0 Å². The van der Waals surface area contributed by atoms with Gasteiger partial charge in [-0.2, -0.15) is 0 Å². The molecule has 0 atom stereocenters. The molecule has 0 aliphatic carbocycles.